The molecule has 6 rings (SSSR count). The summed E-state index contributed by atoms with van der Waals surface area (Å²) in [6, 6.07) is 16.8. The van der Waals surface area contributed by atoms with Gasteiger partial charge in [-0.2, -0.15) is 4.57 Å². The Labute approximate surface area is 143 Å². The van der Waals surface area contributed by atoms with Crippen molar-refractivity contribution >= 4 is 16.6 Å². The molecule has 0 amide bonds. The van der Waals surface area contributed by atoms with Crippen LogP contribution in [-0.2, 0) is 6.54 Å². The van der Waals surface area contributed by atoms with E-state index in [1.54, 1.807) is 0 Å². The third-order valence-corrected chi connectivity index (χ3v) is 4.97. The van der Waals surface area contributed by atoms with Crippen molar-refractivity contribution in [2.75, 3.05) is 0 Å². The average Bonchev–Trinajstić information content (AvgIpc) is 3.30. The minimum absolute atomic E-state index is 0.798. The van der Waals surface area contributed by atoms with Crippen LogP contribution >= 0.6 is 0 Å². The van der Waals surface area contributed by atoms with Crippen LogP contribution in [0.15, 0.2) is 73.4 Å². The second-order valence-corrected chi connectivity index (χ2v) is 6.31. The maximum atomic E-state index is 4.59. The van der Waals surface area contributed by atoms with E-state index in [1.165, 1.54) is 22.4 Å². The zero-order valence-corrected chi connectivity index (χ0v) is 13.4. The lowest BCUT2D eigenvalue weighted by atomic mass is 10.2. The second kappa shape index (κ2) is 4.54. The van der Waals surface area contributed by atoms with E-state index < -0.39 is 0 Å². The van der Waals surface area contributed by atoms with Crippen molar-refractivity contribution in [2.24, 2.45) is 0 Å². The van der Waals surface area contributed by atoms with Gasteiger partial charge >= 0.3 is 0 Å². The summed E-state index contributed by atoms with van der Waals surface area (Å²) in [7, 11) is 0. The Hall–Kier alpha value is -3.47. The van der Waals surface area contributed by atoms with Gasteiger partial charge in [0.05, 0.1) is 23.8 Å². The number of rotatable bonds is 1. The zero-order valence-electron chi connectivity index (χ0n) is 13.4. The van der Waals surface area contributed by atoms with Crippen LogP contribution in [0, 0.1) is 0 Å². The van der Waals surface area contributed by atoms with E-state index in [-0.39, 0.29) is 0 Å². The lowest BCUT2D eigenvalue weighted by Gasteiger charge is -2.02. The topological polar surface area (TPSA) is 39.0 Å². The first kappa shape index (κ1) is 12.9. The fourth-order valence-electron chi connectivity index (χ4n) is 3.94. The lowest BCUT2D eigenvalue weighted by molar-refractivity contribution is -0.646. The number of aromatic nitrogens is 5. The molecular weight excluding hydrogens is 310 g/mol. The van der Waals surface area contributed by atoms with Crippen LogP contribution < -0.4 is 4.57 Å². The summed E-state index contributed by atoms with van der Waals surface area (Å²) in [6.07, 6.45) is 7.74. The summed E-state index contributed by atoms with van der Waals surface area (Å²) in [5.41, 5.74) is 7.04. The van der Waals surface area contributed by atoms with E-state index in [0.29, 0.717) is 0 Å². The maximum absolute atomic E-state index is 4.59. The van der Waals surface area contributed by atoms with Gasteiger partial charge in [0.1, 0.15) is 17.7 Å². The van der Waals surface area contributed by atoms with Crippen molar-refractivity contribution in [3.8, 4) is 17.1 Å². The monoisotopic (exact) mass is 324 g/mol. The quantitative estimate of drug-likeness (QED) is 0.436. The summed E-state index contributed by atoms with van der Waals surface area (Å²) in [4.78, 5) is 8.84. The lowest BCUT2D eigenvalue weighted by Crippen LogP contribution is -2.31. The maximum Gasteiger partial charge on any atom is 0.297 e. The van der Waals surface area contributed by atoms with E-state index in [0.717, 1.165) is 23.4 Å². The molecule has 118 valence electrons. The summed E-state index contributed by atoms with van der Waals surface area (Å²) in [6.45, 7) is 0.798. The minimum atomic E-state index is 0.798. The molecule has 5 heteroatoms. The van der Waals surface area contributed by atoms with Gasteiger partial charge in [0, 0.05) is 12.4 Å². The smallest absolute Gasteiger partial charge is 0.297 e. The zero-order chi connectivity index (χ0) is 16.4. The molecule has 0 bridgehead atoms. The predicted octanol–water partition coefficient (Wildman–Crippen LogP) is 2.99. The molecule has 0 N–H and O–H groups in total. The van der Waals surface area contributed by atoms with E-state index in [4.69, 9.17) is 0 Å². The van der Waals surface area contributed by atoms with E-state index in [2.05, 4.69) is 72.2 Å². The minimum Gasteiger partial charge on any atom is -0.299 e. The number of hydrogen-bond acceptors (Lipinski definition) is 2. The number of para-hydroxylation sites is 1. The third-order valence-electron chi connectivity index (χ3n) is 4.97. The fraction of sp³-hybridized carbons (Fsp3) is 0.0500. The molecule has 0 unspecified atom stereocenters. The number of hydrogen-bond donors (Lipinski definition) is 0. The molecule has 5 aromatic rings. The highest BCUT2D eigenvalue weighted by Crippen LogP contribution is 2.34. The molecule has 4 aromatic heterocycles. The standard InChI is InChI=1S/C20H14N5/c1-2-5-14(6-3-1)25-19-17-8-10-21-13-23(17)12-18(19)24-11-16-15(20(24)25)7-4-9-22-16/h1-10,12-13H,11H2/q+1. The molecule has 0 saturated heterocycles. The Bertz CT molecular complexity index is 1260. The average molecular weight is 324 g/mol. The number of nitrogens with zero attached hydrogens (tertiary/aromatic N) is 5. The molecule has 0 aliphatic carbocycles. The van der Waals surface area contributed by atoms with E-state index in [1.807, 2.05) is 24.8 Å². The summed E-state index contributed by atoms with van der Waals surface area (Å²) < 4.78 is 6.79. The van der Waals surface area contributed by atoms with Crippen LogP contribution in [0.4, 0.5) is 0 Å². The summed E-state index contributed by atoms with van der Waals surface area (Å²) >= 11 is 0. The SMILES string of the molecule is c1ccc(-n2c3[n+](c4cn5cnccc5c42)Cc2ncccc2-3)cc1. The van der Waals surface area contributed by atoms with Crippen LogP contribution in [0.5, 0.6) is 0 Å². The highest BCUT2D eigenvalue weighted by molar-refractivity contribution is 5.94. The second-order valence-electron chi connectivity index (χ2n) is 6.31. The van der Waals surface area contributed by atoms with Crippen LogP contribution in [0.25, 0.3) is 33.6 Å². The van der Waals surface area contributed by atoms with Gasteiger partial charge in [-0.25, -0.2) is 9.55 Å². The van der Waals surface area contributed by atoms with Gasteiger partial charge in [-0.3, -0.25) is 9.38 Å². The molecule has 0 atom stereocenters. The largest absolute Gasteiger partial charge is 0.299 e. The van der Waals surface area contributed by atoms with E-state index in [9.17, 15) is 0 Å². The molecule has 1 aliphatic heterocycles. The van der Waals surface area contributed by atoms with Gasteiger partial charge in [-0.1, -0.05) is 18.2 Å². The van der Waals surface area contributed by atoms with Crippen LogP contribution in [0.3, 0.4) is 0 Å². The molecular formula is C20H14N5+. The Kier molecular flexibility index (Phi) is 2.34. The van der Waals surface area contributed by atoms with Gasteiger partial charge < -0.3 is 0 Å². The Balaban J connectivity index is 1.84. The highest BCUT2D eigenvalue weighted by Gasteiger charge is 2.37. The number of imidazole rings is 1. The molecule has 5 nitrogen and oxygen atoms in total. The van der Waals surface area contributed by atoms with E-state index >= 15 is 0 Å². The highest BCUT2D eigenvalue weighted by atomic mass is 15.2. The molecule has 0 saturated carbocycles. The number of fused-ring (bicyclic) bond motifs is 7. The molecule has 0 fully saturated rings. The molecule has 1 aromatic carbocycles. The van der Waals surface area contributed by atoms with Crippen molar-refractivity contribution < 1.29 is 4.57 Å². The number of pyridine rings is 1. The fourth-order valence-corrected chi connectivity index (χ4v) is 3.94. The Morgan fingerprint density at radius 1 is 0.960 bits per heavy atom. The van der Waals surface area contributed by atoms with Gasteiger partial charge in [-0.05, 0) is 30.3 Å². The van der Waals surface area contributed by atoms with Crippen molar-refractivity contribution in [3.05, 3.63) is 79.1 Å². The third kappa shape index (κ3) is 1.59. The van der Waals surface area contributed by atoms with Crippen molar-refractivity contribution in [2.45, 2.75) is 6.54 Å². The van der Waals surface area contributed by atoms with Gasteiger partial charge in [0.25, 0.3) is 5.82 Å². The predicted molar refractivity (Wildman–Crippen MR) is 94.6 cm³/mol. The van der Waals surface area contributed by atoms with Crippen LogP contribution in [-0.4, -0.2) is 18.9 Å². The van der Waals surface area contributed by atoms with Crippen LogP contribution in [0.1, 0.15) is 5.69 Å². The molecule has 25 heavy (non-hydrogen) atoms. The normalized spacial score (nSPS) is 12.6. The molecule has 5 heterocycles. The van der Waals surface area contributed by atoms with Gasteiger partial charge in [-0.15, -0.1) is 0 Å². The van der Waals surface area contributed by atoms with Crippen molar-refractivity contribution in [1.82, 2.24) is 18.9 Å². The molecule has 0 spiro atoms. The van der Waals surface area contributed by atoms with Crippen molar-refractivity contribution in [3.63, 3.8) is 0 Å². The summed E-state index contributed by atoms with van der Waals surface area (Å²) in [5, 5.41) is 0. The number of benzene rings is 1. The first-order chi connectivity index (χ1) is 12.4. The first-order valence-corrected chi connectivity index (χ1v) is 8.30. The van der Waals surface area contributed by atoms with Crippen LogP contribution in [0.2, 0.25) is 0 Å². The Morgan fingerprint density at radius 3 is 2.80 bits per heavy atom. The summed E-state index contributed by atoms with van der Waals surface area (Å²) in [5.74, 6) is 1.19. The van der Waals surface area contributed by atoms with Crippen molar-refractivity contribution in [1.29, 1.82) is 0 Å². The molecule has 1 aliphatic rings. The molecule has 0 radical (unpaired) electrons. The van der Waals surface area contributed by atoms with Gasteiger partial charge in [0.2, 0.25) is 5.52 Å². The first-order valence-electron chi connectivity index (χ1n) is 8.30. The Morgan fingerprint density at radius 2 is 1.88 bits per heavy atom. The van der Waals surface area contributed by atoms with Gasteiger partial charge in [0.15, 0.2) is 5.52 Å².